The number of thiophene rings is 1. The van der Waals surface area contributed by atoms with Gasteiger partial charge in [0.25, 0.3) is 0 Å². The molecule has 62 valence electrons. The van der Waals surface area contributed by atoms with Crippen molar-refractivity contribution in [3.8, 4) is 5.75 Å². The average molecular weight is 291 g/mol. The van der Waals surface area contributed by atoms with Crippen LogP contribution in [0.15, 0.2) is 17.5 Å². The molecular weight excluding hydrogens is 285 g/mol. The second-order valence-corrected chi connectivity index (χ2v) is 4.46. The van der Waals surface area contributed by atoms with E-state index in [-0.39, 0.29) is 5.75 Å². The lowest BCUT2D eigenvalue weighted by molar-refractivity contribution is 0.482. The van der Waals surface area contributed by atoms with Crippen LogP contribution in [-0.4, -0.2) is 5.11 Å². The molecule has 1 aromatic heterocycles. The molecule has 2 rings (SSSR count). The number of rotatable bonds is 0. The molecule has 0 aliphatic heterocycles. The third-order valence-electron chi connectivity index (χ3n) is 1.69. The van der Waals surface area contributed by atoms with Crippen molar-refractivity contribution in [3.63, 3.8) is 0 Å². The van der Waals surface area contributed by atoms with E-state index in [0.29, 0.717) is 5.69 Å². The summed E-state index contributed by atoms with van der Waals surface area (Å²) in [6, 6.07) is 3.49. The number of anilines is 1. The molecule has 0 fully saturated rings. The van der Waals surface area contributed by atoms with Gasteiger partial charge in [-0.3, -0.25) is 0 Å². The predicted molar refractivity (Wildman–Crippen MR) is 60.6 cm³/mol. The molecule has 0 amide bonds. The van der Waals surface area contributed by atoms with Gasteiger partial charge in [0.2, 0.25) is 0 Å². The number of fused-ring (bicyclic) bond motifs is 1. The fourth-order valence-corrected chi connectivity index (χ4v) is 2.79. The number of halogens is 1. The van der Waals surface area contributed by atoms with Crippen LogP contribution in [0.1, 0.15) is 0 Å². The highest BCUT2D eigenvalue weighted by Crippen LogP contribution is 2.36. The van der Waals surface area contributed by atoms with Crippen molar-refractivity contribution < 1.29 is 5.11 Å². The van der Waals surface area contributed by atoms with Gasteiger partial charge < -0.3 is 10.8 Å². The molecule has 0 saturated heterocycles. The van der Waals surface area contributed by atoms with Crippen LogP contribution in [0.5, 0.6) is 5.75 Å². The Hall–Kier alpha value is -0.490. The average Bonchev–Trinajstić information content (AvgIpc) is 2.48. The Labute approximate surface area is 87.1 Å². The van der Waals surface area contributed by atoms with Gasteiger partial charge in [0.15, 0.2) is 0 Å². The van der Waals surface area contributed by atoms with Crippen LogP contribution in [0.25, 0.3) is 10.1 Å². The number of phenolic OH excluding ortho intramolecular Hbond substituents is 1. The molecule has 0 aliphatic rings. The molecule has 0 bridgehead atoms. The molecule has 0 radical (unpaired) electrons. The fourth-order valence-electron chi connectivity index (χ4n) is 1.10. The summed E-state index contributed by atoms with van der Waals surface area (Å²) in [6.07, 6.45) is 0. The first kappa shape index (κ1) is 8.12. The fraction of sp³-hybridized carbons (Fsp3) is 0. The van der Waals surface area contributed by atoms with Crippen LogP contribution in [0, 0.1) is 3.57 Å². The summed E-state index contributed by atoms with van der Waals surface area (Å²) in [6.45, 7) is 0. The first-order chi connectivity index (χ1) is 5.70. The van der Waals surface area contributed by atoms with E-state index in [1.54, 1.807) is 17.4 Å². The van der Waals surface area contributed by atoms with Gasteiger partial charge in [0.1, 0.15) is 5.75 Å². The Morgan fingerprint density at radius 3 is 3.00 bits per heavy atom. The minimum absolute atomic E-state index is 0.268. The standard InChI is InChI=1S/C8H6INOS/c9-7-5(10)3-6(11)4-1-2-12-8(4)7/h1-3,11H,10H2. The van der Waals surface area contributed by atoms with Crippen LogP contribution >= 0.6 is 33.9 Å². The van der Waals surface area contributed by atoms with E-state index in [2.05, 4.69) is 22.6 Å². The zero-order valence-electron chi connectivity index (χ0n) is 6.04. The summed E-state index contributed by atoms with van der Waals surface area (Å²) in [5, 5.41) is 12.3. The monoisotopic (exact) mass is 291 g/mol. The Bertz CT molecular complexity index is 438. The third kappa shape index (κ3) is 1.06. The number of aromatic hydroxyl groups is 1. The first-order valence-electron chi connectivity index (χ1n) is 3.34. The normalized spacial score (nSPS) is 10.8. The topological polar surface area (TPSA) is 46.2 Å². The molecular formula is C8H6INOS. The second-order valence-electron chi connectivity index (χ2n) is 2.46. The summed E-state index contributed by atoms with van der Waals surface area (Å²) >= 11 is 3.79. The van der Waals surface area contributed by atoms with Crippen LogP contribution in [-0.2, 0) is 0 Å². The molecule has 0 atom stereocenters. The third-order valence-corrected chi connectivity index (χ3v) is 4.15. The Morgan fingerprint density at radius 1 is 1.50 bits per heavy atom. The van der Waals surface area contributed by atoms with Gasteiger partial charge in [-0.15, -0.1) is 11.3 Å². The Balaban J connectivity index is 2.97. The van der Waals surface area contributed by atoms with Crippen LogP contribution in [0.4, 0.5) is 5.69 Å². The maximum Gasteiger partial charge on any atom is 0.126 e. The summed E-state index contributed by atoms with van der Waals surface area (Å²) in [5.74, 6) is 0.268. The number of hydrogen-bond donors (Lipinski definition) is 2. The van der Waals surface area contributed by atoms with Gasteiger partial charge >= 0.3 is 0 Å². The van der Waals surface area contributed by atoms with Gasteiger partial charge in [-0.25, -0.2) is 0 Å². The minimum atomic E-state index is 0.268. The largest absolute Gasteiger partial charge is 0.507 e. The van der Waals surface area contributed by atoms with E-state index in [0.717, 1.165) is 13.7 Å². The summed E-state index contributed by atoms with van der Waals surface area (Å²) in [4.78, 5) is 0. The van der Waals surface area contributed by atoms with Crippen molar-refractivity contribution in [3.05, 3.63) is 21.1 Å². The second kappa shape index (κ2) is 2.77. The minimum Gasteiger partial charge on any atom is -0.507 e. The summed E-state index contributed by atoms with van der Waals surface area (Å²) < 4.78 is 2.09. The smallest absolute Gasteiger partial charge is 0.126 e. The molecule has 1 aromatic carbocycles. The lowest BCUT2D eigenvalue weighted by atomic mass is 10.2. The van der Waals surface area contributed by atoms with Crippen molar-refractivity contribution in [1.82, 2.24) is 0 Å². The predicted octanol–water partition coefficient (Wildman–Crippen LogP) is 2.79. The van der Waals surface area contributed by atoms with Crippen LogP contribution in [0.3, 0.4) is 0 Å². The molecule has 2 aromatic rings. The van der Waals surface area contributed by atoms with E-state index in [4.69, 9.17) is 5.73 Å². The number of hydrogen-bond acceptors (Lipinski definition) is 3. The number of benzene rings is 1. The highest BCUT2D eigenvalue weighted by molar-refractivity contribution is 14.1. The molecule has 1 heterocycles. The molecule has 2 nitrogen and oxygen atoms in total. The van der Waals surface area contributed by atoms with Crippen molar-refractivity contribution in [1.29, 1.82) is 0 Å². The van der Waals surface area contributed by atoms with E-state index in [9.17, 15) is 5.11 Å². The molecule has 12 heavy (non-hydrogen) atoms. The molecule has 3 N–H and O–H groups in total. The maximum atomic E-state index is 9.49. The highest BCUT2D eigenvalue weighted by Gasteiger charge is 2.07. The summed E-state index contributed by atoms with van der Waals surface area (Å²) in [5.41, 5.74) is 6.33. The first-order valence-corrected chi connectivity index (χ1v) is 5.30. The van der Waals surface area contributed by atoms with Gasteiger partial charge in [0.05, 0.1) is 14.0 Å². The van der Waals surface area contributed by atoms with Gasteiger partial charge in [-0.2, -0.15) is 0 Å². The zero-order chi connectivity index (χ0) is 8.72. The maximum absolute atomic E-state index is 9.49. The molecule has 0 saturated carbocycles. The van der Waals surface area contributed by atoms with Crippen molar-refractivity contribution in [2.75, 3.05) is 5.73 Å². The van der Waals surface area contributed by atoms with Crippen LogP contribution < -0.4 is 5.73 Å². The zero-order valence-corrected chi connectivity index (χ0v) is 9.02. The van der Waals surface area contributed by atoms with Gasteiger partial charge in [-0.1, -0.05) is 0 Å². The van der Waals surface area contributed by atoms with E-state index in [1.807, 2.05) is 11.4 Å². The SMILES string of the molecule is Nc1cc(O)c2ccsc2c1I. The van der Waals surface area contributed by atoms with Crippen LogP contribution in [0.2, 0.25) is 0 Å². The summed E-state index contributed by atoms with van der Waals surface area (Å²) in [7, 11) is 0. The highest BCUT2D eigenvalue weighted by atomic mass is 127. The molecule has 0 unspecified atom stereocenters. The molecule has 0 spiro atoms. The molecule has 0 aliphatic carbocycles. The Morgan fingerprint density at radius 2 is 2.25 bits per heavy atom. The number of nitrogens with two attached hydrogens (primary N) is 1. The van der Waals surface area contributed by atoms with E-state index < -0.39 is 0 Å². The lowest BCUT2D eigenvalue weighted by Gasteiger charge is -2.01. The van der Waals surface area contributed by atoms with Gasteiger partial charge in [0, 0.05) is 11.5 Å². The Kier molecular flexibility index (Phi) is 1.88. The quantitative estimate of drug-likeness (QED) is 0.579. The van der Waals surface area contributed by atoms with Gasteiger partial charge in [-0.05, 0) is 34.0 Å². The number of nitrogen functional groups attached to an aromatic ring is 1. The van der Waals surface area contributed by atoms with Crippen molar-refractivity contribution in [2.24, 2.45) is 0 Å². The van der Waals surface area contributed by atoms with E-state index in [1.165, 1.54) is 0 Å². The number of phenols is 1. The molecule has 4 heteroatoms. The van der Waals surface area contributed by atoms with Crippen molar-refractivity contribution >= 4 is 49.7 Å². The lowest BCUT2D eigenvalue weighted by Crippen LogP contribution is -1.88. The van der Waals surface area contributed by atoms with Crippen molar-refractivity contribution in [2.45, 2.75) is 0 Å². The van der Waals surface area contributed by atoms with E-state index >= 15 is 0 Å².